The molecule has 3 amide bonds. The Morgan fingerprint density at radius 2 is 1.95 bits per heavy atom. The highest BCUT2D eigenvalue weighted by atomic mass is 32.2. The Morgan fingerprint density at radius 1 is 1.12 bits per heavy atom. The molecule has 3 aromatic rings. The minimum absolute atomic E-state index is 0.143. The van der Waals surface area contributed by atoms with Crippen LogP contribution in [0.4, 0.5) is 0 Å². The fraction of sp³-hybridized carbons (Fsp3) is 0.406. The van der Waals surface area contributed by atoms with E-state index in [1.54, 1.807) is 16.7 Å². The highest BCUT2D eigenvalue weighted by molar-refractivity contribution is 7.98. The Kier molecular flexibility index (Phi) is 7.69. The summed E-state index contributed by atoms with van der Waals surface area (Å²) < 4.78 is 0. The lowest BCUT2D eigenvalue weighted by Gasteiger charge is -2.37. The fourth-order valence-electron chi connectivity index (χ4n) is 6.51. The third-order valence-corrected chi connectivity index (χ3v) is 9.17. The van der Waals surface area contributed by atoms with Crippen LogP contribution in [0.25, 0.3) is 10.9 Å². The number of hydrogen-bond donors (Lipinski definition) is 3. The maximum absolute atomic E-state index is 14.0. The SMILES string of the molecule is CSCC[C@H](NC(=O)[C@@H]1Cc2c([nH]c3ccccc23)[C@@H]2c3ccccc3C(=O)N21)C(=O)NCCC1=CCCCC1. The van der Waals surface area contributed by atoms with Crippen LogP contribution < -0.4 is 10.6 Å². The number of thioether (sulfide) groups is 1. The summed E-state index contributed by atoms with van der Waals surface area (Å²) in [5, 5.41) is 7.19. The normalized spacial score (nSPS) is 20.4. The Hall–Kier alpha value is -3.52. The number of hydrogen-bond acceptors (Lipinski definition) is 4. The molecule has 2 aromatic carbocycles. The number of fused-ring (bicyclic) bond motifs is 7. The van der Waals surface area contributed by atoms with Crippen LogP contribution in [-0.2, 0) is 16.0 Å². The van der Waals surface area contributed by atoms with Gasteiger partial charge in [0.15, 0.2) is 0 Å². The fourth-order valence-corrected chi connectivity index (χ4v) is 6.98. The van der Waals surface area contributed by atoms with Crippen molar-refractivity contribution in [2.45, 2.75) is 63.1 Å². The second-order valence-electron chi connectivity index (χ2n) is 11.0. The molecule has 3 atom stereocenters. The molecule has 2 aliphatic heterocycles. The van der Waals surface area contributed by atoms with Gasteiger partial charge in [-0.25, -0.2) is 0 Å². The summed E-state index contributed by atoms with van der Waals surface area (Å²) in [6.07, 6.45) is 10.8. The summed E-state index contributed by atoms with van der Waals surface area (Å²) >= 11 is 1.65. The number of para-hydroxylation sites is 1. The standard InChI is InChI=1S/C32H36N4O3S/c1-40-18-16-26(30(37)33-17-15-20-9-3-2-4-10-20)35-31(38)27-19-24-21-11-7-8-14-25(21)34-28(24)29-22-12-5-6-13-23(22)32(39)36(27)29/h5-9,11-14,26-27,29,34H,2-4,10,15-19H2,1H3,(H,33,37)(H,35,38)/t26-,27-,29-/m0/s1. The van der Waals surface area contributed by atoms with Gasteiger partial charge in [0.2, 0.25) is 11.8 Å². The number of amides is 3. The summed E-state index contributed by atoms with van der Waals surface area (Å²) in [4.78, 5) is 46.2. The Bertz CT molecular complexity index is 1480. The summed E-state index contributed by atoms with van der Waals surface area (Å²) in [5.74, 6) is 0.168. The van der Waals surface area contributed by atoms with Crippen molar-refractivity contribution in [3.8, 4) is 0 Å². The molecule has 8 heteroatoms. The molecule has 40 heavy (non-hydrogen) atoms. The number of allylic oxidation sites excluding steroid dienone is 1. The molecule has 7 nitrogen and oxygen atoms in total. The van der Waals surface area contributed by atoms with Crippen molar-refractivity contribution in [1.29, 1.82) is 0 Å². The van der Waals surface area contributed by atoms with E-state index >= 15 is 0 Å². The van der Waals surface area contributed by atoms with E-state index in [1.165, 1.54) is 18.4 Å². The molecule has 0 saturated carbocycles. The lowest BCUT2D eigenvalue weighted by molar-refractivity contribution is -0.132. The van der Waals surface area contributed by atoms with Crippen LogP contribution >= 0.6 is 11.8 Å². The highest BCUT2D eigenvalue weighted by Gasteiger charge is 2.49. The lowest BCUT2D eigenvalue weighted by Crippen LogP contribution is -2.56. The average Bonchev–Trinajstić information content (AvgIpc) is 3.50. The van der Waals surface area contributed by atoms with Crippen LogP contribution in [-0.4, -0.2) is 58.2 Å². The van der Waals surface area contributed by atoms with E-state index in [4.69, 9.17) is 0 Å². The Morgan fingerprint density at radius 3 is 2.77 bits per heavy atom. The van der Waals surface area contributed by atoms with Gasteiger partial charge in [-0.15, -0.1) is 0 Å². The number of aromatic amines is 1. The molecule has 3 heterocycles. The molecule has 6 rings (SSSR count). The number of H-pyrrole nitrogens is 1. The van der Waals surface area contributed by atoms with E-state index in [1.807, 2.05) is 48.7 Å². The van der Waals surface area contributed by atoms with Crippen LogP contribution in [0.3, 0.4) is 0 Å². The van der Waals surface area contributed by atoms with Gasteiger partial charge in [-0.05, 0) is 73.8 Å². The smallest absolute Gasteiger partial charge is 0.255 e. The van der Waals surface area contributed by atoms with Gasteiger partial charge in [0.05, 0.1) is 6.04 Å². The zero-order chi connectivity index (χ0) is 27.6. The van der Waals surface area contributed by atoms with Crippen molar-refractivity contribution in [2.24, 2.45) is 0 Å². The number of nitrogens with one attached hydrogen (secondary N) is 3. The molecule has 1 aliphatic carbocycles. The van der Waals surface area contributed by atoms with Gasteiger partial charge < -0.3 is 20.5 Å². The van der Waals surface area contributed by atoms with Crippen LogP contribution in [0.15, 0.2) is 60.2 Å². The second kappa shape index (κ2) is 11.5. The summed E-state index contributed by atoms with van der Waals surface area (Å²) in [7, 11) is 0. The predicted octanol–water partition coefficient (Wildman–Crippen LogP) is 4.88. The van der Waals surface area contributed by atoms with E-state index in [0.29, 0.717) is 24.9 Å². The zero-order valence-electron chi connectivity index (χ0n) is 22.9. The van der Waals surface area contributed by atoms with Gasteiger partial charge in [0.1, 0.15) is 12.1 Å². The van der Waals surface area contributed by atoms with E-state index in [0.717, 1.165) is 52.7 Å². The van der Waals surface area contributed by atoms with Crippen molar-refractivity contribution in [2.75, 3.05) is 18.6 Å². The number of rotatable bonds is 9. The topological polar surface area (TPSA) is 94.3 Å². The minimum atomic E-state index is -0.714. The lowest BCUT2D eigenvalue weighted by atomic mass is 9.89. The Balaban J connectivity index is 1.25. The molecule has 3 N–H and O–H groups in total. The summed E-state index contributed by atoms with van der Waals surface area (Å²) in [6.45, 7) is 0.570. The minimum Gasteiger partial charge on any atom is -0.356 e. The second-order valence-corrected chi connectivity index (χ2v) is 12.0. The zero-order valence-corrected chi connectivity index (χ0v) is 23.7. The summed E-state index contributed by atoms with van der Waals surface area (Å²) in [6, 6.07) is 14.0. The van der Waals surface area contributed by atoms with Crippen molar-refractivity contribution in [3.63, 3.8) is 0 Å². The van der Waals surface area contributed by atoms with E-state index in [2.05, 4.69) is 27.8 Å². The molecule has 208 valence electrons. The van der Waals surface area contributed by atoms with Gasteiger partial charge in [0, 0.05) is 35.1 Å². The first-order valence-corrected chi connectivity index (χ1v) is 15.7. The number of carbonyl (C=O) groups is 3. The van der Waals surface area contributed by atoms with Gasteiger partial charge in [-0.3, -0.25) is 14.4 Å². The third-order valence-electron chi connectivity index (χ3n) is 8.53. The first-order valence-electron chi connectivity index (χ1n) is 14.3. The van der Waals surface area contributed by atoms with Crippen LogP contribution in [0.5, 0.6) is 0 Å². The molecule has 1 aromatic heterocycles. The van der Waals surface area contributed by atoms with Gasteiger partial charge in [0.25, 0.3) is 5.91 Å². The quantitative estimate of drug-likeness (QED) is 0.328. The molecular weight excluding hydrogens is 520 g/mol. The van der Waals surface area contributed by atoms with Crippen molar-refractivity contribution < 1.29 is 14.4 Å². The first-order chi connectivity index (χ1) is 19.6. The molecule has 0 spiro atoms. The van der Waals surface area contributed by atoms with Crippen LogP contribution in [0.2, 0.25) is 0 Å². The first kappa shape index (κ1) is 26.7. The third kappa shape index (κ3) is 4.94. The van der Waals surface area contributed by atoms with E-state index < -0.39 is 12.1 Å². The predicted molar refractivity (Wildman–Crippen MR) is 159 cm³/mol. The number of aromatic nitrogens is 1. The summed E-state index contributed by atoms with van der Waals surface area (Å²) in [5.41, 5.74) is 5.98. The average molecular weight is 557 g/mol. The van der Waals surface area contributed by atoms with Crippen LogP contribution in [0, 0.1) is 0 Å². The molecule has 0 unspecified atom stereocenters. The molecule has 0 bridgehead atoms. The van der Waals surface area contributed by atoms with Crippen molar-refractivity contribution in [3.05, 3.63) is 82.6 Å². The number of carbonyl (C=O) groups excluding carboxylic acids is 3. The molecule has 3 aliphatic rings. The van der Waals surface area contributed by atoms with Gasteiger partial charge in [-0.2, -0.15) is 11.8 Å². The highest BCUT2D eigenvalue weighted by Crippen LogP contribution is 2.46. The maximum atomic E-state index is 14.0. The van der Waals surface area contributed by atoms with E-state index in [9.17, 15) is 14.4 Å². The molecule has 0 fully saturated rings. The molecule has 0 radical (unpaired) electrons. The molecule has 0 saturated heterocycles. The molecular formula is C32H36N4O3S. The van der Waals surface area contributed by atoms with Crippen LogP contribution in [0.1, 0.15) is 71.7 Å². The van der Waals surface area contributed by atoms with Gasteiger partial charge in [-0.1, -0.05) is 48.0 Å². The van der Waals surface area contributed by atoms with Gasteiger partial charge >= 0.3 is 0 Å². The number of benzene rings is 2. The maximum Gasteiger partial charge on any atom is 0.255 e. The number of nitrogens with zero attached hydrogens (tertiary/aromatic N) is 1. The van der Waals surface area contributed by atoms with Crippen molar-refractivity contribution in [1.82, 2.24) is 20.5 Å². The van der Waals surface area contributed by atoms with E-state index in [-0.39, 0.29) is 23.8 Å². The largest absolute Gasteiger partial charge is 0.356 e. The Labute approximate surface area is 239 Å². The monoisotopic (exact) mass is 556 g/mol. The van der Waals surface area contributed by atoms with Crippen molar-refractivity contribution >= 4 is 40.4 Å².